The summed E-state index contributed by atoms with van der Waals surface area (Å²) in [5, 5.41) is 8.37. The van der Waals surface area contributed by atoms with Crippen molar-refractivity contribution in [2.45, 2.75) is 26.2 Å². The quantitative estimate of drug-likeness (QED) is 0.284. The number of aromatic nitrogens is 2. The summed E-state index contributed by atoms with van der Waals surface area (Å²) in [5.74, 6) is -0.229. The molecule has 184 valence electrons. The van der Waals surface area contributed by atoms with Crippen LogP contribution in [0.2, 0.25) is 15.1 Å². The Hall–Kier alpha value is -2.83. The summed E-state index contributed by atoms with van der Waals surface area (Å²) in [6.07, 6.45) is 3.32. The van der Waals surface area contributed by atoms with Crippen LogP contribution in [0.4, 0.5) is 0 Å². The van der Waals surface area contributed by atoms with Crippen molar-refractivity contribution in [2.24, 2.45) is 0 Å². The minimum absolute atomic E-state index is 0.229. The first kappa shape index (κ1) is 24.8. The number of halogens is 3. The van der Waals surface area contributed by atoms with Crippen LogP contribution in [0.5, 0.6) is 0 Å². The van der Waals surface area contributed by atoms with Gasteiger partial charge in [0.25, 0.3) is 5.91 Å². The first-order valence-corrected chi connectivity index (χ1v) is 13.0. The molecule has 8 heteroatoms. The lowest BCUT2D eigenvalue weighted by atomic mass is 10.0. The fourth-order valence-corrected chi connectivity index (χ4v) is 5.32. The lowest BCUT2D eigenvalue weighted by Gasteiger charge is -2.26. The number of piperidine rings is 1. The molecule has 0 atom stereocenters. The van der Waals surface area contributed by atoms with E-state index in [0.29, 0.717) is 26.4 Å². The van der Waals surface area contributed by atoms with E-state index in [-0.39, 0.29) is 5.91 Å². The van der Waals surface area contributed by atoms with Crippen LogP contribution >= 0.6 is 34.8 Å². The standard InChI is InChI=1S/C28H25Cl3N4O/c1-18-26(28(36)33-34-15-5-2-6-16-34)32-35(25-14-13-21(29)17-24(25)31)27(18)20-11-9-19(10-12-20)22-7-3-4-8-23(22)30/h3-4,7-14,17H,2,5-6,15-16H2,1H3,(H,33,36). The number of amides is 1. The highest BCUT2D eigenvalue weighted by Gasteiger charge is 2.25. The zero-order chi connectivity index (χ0) is 25.2. The van der Waals surface area contributed by atoms with E-state index in [4.69, 9.17) is 39.9 Å². The highest BCUT2D eigenvalue weighted by atomic mass is 35.5. The molecule has 0 aliphatic carbocycles. The van der Waals surface area contributed by atoms with Gasteiger partial charge in [-0.05, 0) is 49.6 Å². The van der Waals surface area contributed by atoms with Crippen molar-refractivity contribution in [1.82, 2.24) is 20.2 Å². The van der Waals surface area contributed by atoms with Crippen molar-refractivity contribution in [1.29, 1.82) is 0 Å². The molecule has 1 N–H and O–H groups in total. The maximum atomic E-state index is 13.3. The number of nitrogens with zero attached hydrogens (tertiary/aromatic N) is 3. The van der Waals surface area contributed by atoms with Crippen LogP contribution in [0.25, 0.3) is 28.1 Å². The van der Waals surface area contributed by atoms with Crippen LogP contribution < -0.4 is 5.43 Å². The maximum absolute atomic E-state index is 13.3. The van der Waals surface area contributed by atoms with Gasteiger partial charge in [0.1, 0.15) is 0 Å². The summed E-state index contributed by atoms with van der Waals surface area (Å²) in [7, 11) is 0. The molecule has 1 aliphatic heterocycles. The minimum atomic E-state index is -0.229. The van der Waals surface area contributed by atoms with Gasteiger partial charge >= 0.3 is 0 Å². The highest BCUT2D eigenvalue weighted by Crippen LogP contribution is 2.35. The fraction of sp³-hybridized carbons (Fsp3) is 0.214. The van der Waals surface area contributed by atoms with Crippen LogP contribution in [0.3, 0.4) is 0 Å². The van der Waals surface area contributed by atoms with Crippen LogP contribution in [0.15, 0.2) is 66.7 Å². The third-order valence-corrected chi connectivity index (χ3v) is 7.30. The van der Waals surface area contributed by atoms with Gasteiger partial charge < -0.3 is 0 Å². The van der Waals surface area contributed by atoms with E-state index in [1.165, 1.54) is 6.42 Å². The Morgan fingerprint density at radius 2 is 1.56 bits per heavy atom. The molecule has 5 rings (SSSR count). The number of hydrazine groups is 1. The Balaban J connectivity index is 1.58. The van der Waals surface area contributed by atoms with E-state index in [2.05, 4.69) is 5.43 Å². The number of hydrogen-bond acceptors (Lipinski definition) is 3. The number of rotatable bonds is 5. The summed E-state index contributed by atoms with van der Waals surface area (Å²) in [4.78, 5) is 13.3. The van der Waals surface area contributed by atoms with Gasteiger partial charge in [0.2, 0.25) is 0 Å². The van der Waals surface area contributed by atoms with Crippen molar-refractivity contribution < 1.29 is 4.79 Å². The summed E-state index contributed by atoms with van der Waals surface area (Å²) < 4.78 is 1.73. The number of nitrogens with one attached hydrogen (secondary N) is 1. The van der Waals surface area contributed by atoms with E-state index in [1.54, 1.807) is 16.8 Å². The Kier molecular flexibility index (Phi) is 7.35. The second-order valence-electron chi connectivity index (χ2n) is 8.88. The average molecular weight is 540 g/mol. The van der Waals surface area contributed by atoms with E-state index in [1.807, 2.05) is 66.5 Å². The lowest BCUT2D eigenvalue weighted by molar-refractivity contribution is 0.0743. The van der Waals surface area contributed by atoms with Crippen LogP contribution in [0, 0.1) is 6.92 Å². The van der Waals surface area contributed by atoms with Gasteiger partial charge in [-0.15, -0.1) is 0 Å². The lowest BCUT2D eigenvalue weighted by Crippen LogP contribution is -2.45. The zero-order valence-corrected chi connectivity index (χ0v) is 22.0. The monoisotopic (exact) mass is 538 g/mol. The summed E-state index contributed by atoms with van der Waals surface area (Å²) in [6.45, 7) is 3.59. The van der Waals surface area contributed by atoms with Gasteiger partial charge in [-0.1, -0.05) is 83.7 Å². The normalized spacial score (nSPS) is 14.1. The van der Waals surface area contributed by atoms with Crippen molar-refractivity contribution in [3.05, 3.63) is 93.1 Å². The molecule has 0 bridgehead atoms. The molecule has 1 aromatic heterocycles. The first-order valence-electron chi connectivity index (χ1n) is 11.9. The molecule has 1 aliphatic rings. The Labute approximate surface area is 225 Å². The molecule has 5 nitrogen and oxygen atoms in total. The topological polar surface area (TPSA) is 50.2 Å². The molecule has 0 saturated carbocycles. The van der Waals surface area contributed by atoms with Crippen molar-refractivity contribution in [3.63, 3.8) is 0 Å². The second kappa shape index (κ2) is 10.7. The third-order valence-electron chi connectivity index (χ3n) is 6.43. The Bertz CT molecular complexity index is 1410. The fourth-order valence-electron chi connectivity index (χ4n) is 4.58. The first-order chi connectivity index (χ1) is 17.4. The SMILES string of the molecule is Cc1c(C(=O)NN2CCCCC2)nn(-c2ccc(Cl)cc2Cl)c1-c1ccc(-c2ccccc2Cl)cc1. The van der Waals surface area contributed by atoms with Crippen LogP contribution in [-0.4, -0.2) is 33.8 Å². The van der Waals surface area contributed by atoms with E-state index >= 15 is 0 Å². The zero-order valence-electron chi connectivity index (χ0n) is 19.8. The van der Waals surface area contributed by atoms with E-state index in [0.717, 1.165) is 53.9 Å². The van der Waals surface area contributed by atoms with Gasteiger partial charge in [0.05, 0.1) is 16.4 Å². The van der Waals surface area contributed by atoms with Crippen molar-refractivity contribution in [3.8, 4) is 28.1 Å². The number of carbonyl (C=O) groups is 1. The third kappa shape index (κ3) is 5.02. The molecular formula is C28H25Cl3N4O. The van der Waals surface area contributed by atoms with Gasteiger partial charge in [0, 0.05) is 39.8 Å². The highest BCUT2D eigenvalue weighted by molar-refractivity contribution is 6.35. The molecule has 0 radical (unpaired) electrons. The summed E-state index contributed by atoms with van der Waals surface area (Å²) in [5.41, 5.74) is 8.44. The smallest absolute Gasteiger partial charge is 0.283 e. The van der Waals surface area contributed by atoms with Gasteiger partial charge in [0.15, 0.2) is 5.69 Å². The van der Waals surface area contributed by atoms with E-state index in [9.17, 15) is 4.79 Å². The molecule has 0 unspecified atom stereocenters. The Morgan fingerprint density at radius 1 is 0.861 bits per heavy atom. The average Bonchev–Trinajstić information content (AvgIpc) is 3.22. The van der Waals surface area contributed by atoms with Gasteiger partial charge in [-0.25, -0.2) is 9.69 Å². The second-order valence-corrected chi connectivity index (χ2v) is 10.1. The number of hydrogen-bond donors (Lipinski definition) is 1. The molecule has 4 aromatic rings. The predicted molar refractivity (Wildman–Crippen MR) is 147 cm³/mol. The molecule has 1 amide bonds. The van der Waals surface area contributed by atoms with Crippen LogP contribution in [0.1, 0.15) is 35.3 Å². The van der Waals surface area contributed by atoms with Gasteiger partial charge in [-0.3, -0.25) is 10.2 Å². The maximum Gasteiger partial charge on any atom is 0.286 e. The molecule has 2 heterocycles. The number of benzene rings is 3. The summed E-state index contributed by atoms with van der Waals surface area (Å²) in [6, 6.07) is 21.0. The summed E-state index contributed by atoms with van der Waals surface area (Å²) >= 11 is 19.1. The van der Waals surface area contributed by atoms with Crippen LogP contribution in [-0.2, 0) is 0 Å². The molecule has 1 saturated heterocycles. The molecule has 1 fully saturated rings. The number of carbonyl (C=O) groups excluding carboxylic acids is 1. The van der Waals surface area contributed by atoms with Crippen molar-refractivity contribution >= 4 is 40.7 Å². The van der Waals surface area contributed by atoms with Crippen molar-refractivity contribution in [2.75, 3.05) is 13.1 Å². The van der Waals surface area contributed by atoms with Gasteiger partial charge in [-0.2, -0.15) is 5.10 Å². The molecule has 36 heavy (non-hydrogen) atoms. The molecule has 3 aromatic carbocycles. The largest absolute Gasteiger partial charge is 0.286 e. The predicted octanol–water partition coefficient (Wildman–Crippen LogP) is 7.61. The molecular weight excluding hydrogens is 515 g/mol. The Morgan fingerprint density at radius 3 is 2.25 bits per heavy atom. The van der Waals surface area contributed by atoms with E-state index < -0.39 is 0 Å². The molecule has 0 spiro atoms. The minimum Gasteiger partial charge on any atom is -0.283 e.